The molecule has 0 N–H and O–H groups in total. The molecule has 1 aliphatic heterocycles. The largest absolute Gasteiger partial charge is 0.457 e. The zero-order valence-electron chi connectivity index (χ0n) is 13.7. The van der Waals surface area contributed by atoms with Crippen molar-refractivity contribution >= 4 is 62.2 Å². The summed E-state index contributed by atoms with van der Waals surface area (Å²) in [6.45, 7) is 0. The lowest BCUT2D eigenvalue weighted by Crippen LogP contribution is -2.27. The quantitative estimate of drug-likeness (QED) is 0.413. The molecule has 0 saturated carbocycles. The van der Waals surface area contributed by atoms with Gasteiger partial charge in [0, 0.05) is 21.1 Å². The highest BCUT2D eigenvalue weighted by molar-refractivity contribution is 9.10. The van der Waals surface area contributed by atoms with E-state index in [-0.39, 0.29) is 11.1 Å². The minimum absolute atomic E-state index is 0.312. The second kappa shape index (κ2) is 7.38. The van der Waals surface area contributed by atoms with E-state index in [1.165, 1.54) is 0 Å². The van der Waals surface area contributed by atoms with Gasteiger partial charge in [-0.1, -0.05) is 39.7 Å². The van der Waals surface area contributed by atoms with Crippen LogP contribution in [0.3, 0.4) is 0 Å². The van der Waals surface area contributed by atoms with E-state index in [1.54, 1.807) is 36.4 Å². The lowest BCUT2D eigenvalue weighted by Gasteiger charge is -2.11. The number of amides is 2. The summed E-state index contributed by atoms with van der Waals surface area (Å²) in [5.74, 6) is 0.814. The Morgan fingerprint density at radius 1 is 0.963 bits per heavy atom. The first-order valence-electron chi connectivity index (χ1n) is 7.90. The molecule has 2 amide bonds. The second-order valence-corrected chi connectivity index (χ2v) is 8.05. The Bertz CT molecular complexity index is 1060. The number of thioether (sulfide) groups is 1. The first-order chi connectivity index (χ1) is 13.0. The average Bonchev–Trinajstić information content (AvgIpc) is 3.22. The van der Waals surface area contributed by atoms with Crippen molar-refractivity contribution in [3.05, 3.63) is 80.8 Å². The molecule has 1 saturated heterocycles. The third-order valence-electron chi connectivity index (χ3n) is 3.91. The molecule has 134 valence electrons. The van der Waals surface area contributed by atoms with Gasteiger partial charge in [-0.15, -0.1) is 0 Å². The topological polar surface area (TPSA) is 50.5 Å². The second-order valence-electron chi connectivity index (χ2n) is 5.70. The van der Waals surface area contributed by atoms with E-state index >= 15 is 0 Å². The standard InChI is InChI=1S/C20H11BrClNO3S/c21-13-3-1-12(2-4-13)17-10-9-16(26-17)11-18-19(24)23(20(25)27-18)15-7-5-14(22)6-8-15/h1-11H/b18-11+. The predicted octanol–water partition coefficient (Wildman–Crippen LogP) is 6.60. The third kappa shape index (κ3) is 3.74. The van der Waals surface area contributed by atoms with Gasteiger partial charge in [-0.05, 0) is 60.3 Å². The van der Waals surface area contributed by atoms with E-state index in [0.717, 1.165) is 26.7 Å². The van der Waals surface area contributed by atoms with Crippen molar-refractivity contribution in [2.45, 2.75) is 0 Å². The number of imide groups is 1. The van der Waals surface area contributed by atoms with Gasteiger partial charge in [0.2, 0.25) is 0 Å². The van der Waals surface area contributed by atoms with Crippen LogP contribution in [0.2, 0.25) is 5.02 Å². The molecule has 4 rings (SSSR count). The normalized spacial score (nSPS) is 15.8. The Labute approximate surface area is 172 Å². The van der Waals surface area contributed by atoms with Crippen LogP contribution in [0.25, 0.3) is 17.4 Å². The molecule has 27 heavy (non-hydrogen) atoms. The van der Waals surface area contributed by atoms with Gasteiger partial charge in [-0.3, -0.25) is 9.59 Å². The van der Waals surface area contributed by atoms with Gasteiger partial charge in [-0.25, -0.2) is 4.90 Å². The average molecular weight is 461 g/mol. The number of hydrogen-bond acceptors (Lipinski definition) is 4. The number of hydrogen-bond donors (Lipinski definition) is 0. The van der Waals surface area contributed by atoms with Crippen LogP contribution < -0.4 is 4.90 Å². The lowest BCUT2D eigenvalue weighted by molar-refractivity contribution is -0.113. The molecular weight excluding hydrogens is 450 g/mol. The number of halogens is 2. The zero-order chi connectivity index (χ0) is 19.0. The number of carbonyl (C=O) groups excluding carboxylic acids is 2. The van der Waals surface area contributed by atoms with Crippen LogP contribution in [-0.2, 0) is 4.79 Å². The molecule has 3 aromatic rings. The van der Waals surface area contributed by atoms with Gasteiger partial charge in [0.25, 0.3) is 11.1 Å². The molecule has 0 unspecified atom stereocenters. The molecule has 2 heterocycles. The number of furan rings is 1. The van der Waals surface area contributed by atoms with Crippen molar-refractivity contribution in [3.63, 3.8) is 0 Å². The van der Waals surface area contributed by atoms with Crippen molar-refractivity contribution in [1.29, 1.82) is 0 Å². The van der Waals surface area contributed by atoms with Crippen LogP contribution in [-0.4, -0.2) is 11.1 Å². The van der Waals surface area contributed by atoms with E-state index < -0.39 is 0 Å². The lowest BCUT2D eigenvalue weighted by atomic mass is 10.2. The molecular formula is C20H11BrClNO3S. The first-order valence-corrected chi connectivity index (χ1v) is 9.89. The fourth-order valence-corrected chi connectivity index (χ4v) is 3.82. The number of anilines is 1. The summed E-state index contributed by atoms with van der Waals surface area (Å²) in [4.78, 5) is 26.4. The molecule has 0 aliphatic carbocycles. The van der Waals surface area contributed by atoms with Gasteiger partial charge < -0.3 is 4.42 Å². The maximum Gasteiger partial charge on any atom is 0.298 e. The maximum atomic E-state index is 12.7. The highest BCUT2D eigenvalue weighted by Crippen LogP contribution is 2.36. The van der Waals surface area contributed by atoms with Crippen LogP contribution >= 0.6 is 39.3 Å². The maximum absolute atomic E-state index is 12.7. The minimum Gasteiger partial charge on any atom is -0.457 e. The minimum atomic E-state index is -0.381. The van der Waals surface area contributed by atoms with Crippen molar-refractivity contribution in [2.75, 3.05) is 4.90 Å². The van der Waals surface area contributed by atoms with Gasteiger partial charge >= 0.3 is 0 Å². The van der Waals surface area contributed by atoms with Crippen LogP contribution in [0.4, 0.5) is 10.5 Å². The van der Waals surface area contributed by atoms with Gasteiger partial charge in [0.05, 0.1) is 10.6 Å². The van der Waals surface area contributed by atoms with Crippen LogP contribution in [0.5, 0.6) is 0 Å². The summed E-state index contributed by atoms with van der Waals surface area (Å²) >= 11 is 10.1. The fourth-order valence-electron chi connectivity index (χ4n) is 2.61. The number of carbonyl (C=O) groups is 2. The van der Waals surface area contributed by atoms with Crippen LogP contribution in [0.1, 0.15) is 5.76 Å². The zero-order valence-corrected chi connectivity index (χ0v) is 16.8. The van der Waals surface area contributed by atoms with E-state index in [1.807, 2.05) is 30.3 Å². The summed E-state index contributed by atoms with van der Waals surface area (Å²) in [5.41, 5.74) is 1.41. The number of rotatable bonds is 3. The molecule has 0 atom stereocenters. The monoisotopic (exact) mass is 459 g/mol. The van der Waals surface area contributed by atoms with Crippen LogP contribution in [0.15, 0.2) is 74.5 Å². The van der Waals surface area contributed by atoms with Gasteiger partial charge in [-0.2, -0.15) is 0 Å². The fraction of sp³-hybridized carbons (Fsp3) is 0. The Hall–Kier alpha value is -2.28. The summed E-state index contributed by atoms with van der Waals surface area (Å²) in [6.07, 6.45) is 1.59. The van der Waals surface area contributed by atoms with E-state index in [2.05, 4.69) is 15.9 Å². The highest BCUT2D eigenvalue weighted by Gasteiger charge is 2.36. The predicted molar refractivity (Wildman–Crippen MR) is 112 cm³/mol. The highest BCUT2D eigenvalue weighted by atomic mass is 79.9. The van der Waals surface area contributed by atoms with Crippen LogP contribution in [0, 0.1) is 0 Å². The molecule has 0 spiro atoms. The summed E-state index contributed by atoms with van der Waals surface area (Å²) in [6, 6.07) is 17.9. The molecule has 1 aromatic heterocycles. The molecule has 2 aromatic carbocycles. The molecule has 4 nitrogen and oxygen atoms in total. The molecule has 7 heteroatoms. The number of nitrogens with zero attached hydrogens (tertiary/aromatic N) is 1. The summed E-state index contributed by atoms with van der Waals surface area (Å²) in [5, 5.41) is 0.186. The SMILES string of the molecule is O=C1S/C(=C/c2ccc(-c3ccc(Br)cc3)o2)C(=O)N1c1ccc(Cl)cc1. The molecule has 0 radical (unpaired) electrons. The van der Waals surface area contributed by atoms with E-state index in [4.69, 9.17) is 16.0 Å². The molecule has 1 fully saturated rings. The van der Waals surface area contributed by atoms with E-state index in [9.17, 15) is 9.59 Å². The Morgan fingerprint density at radius 2 is 1.67 bits per heavy atom. The van der Waals surface area contributed by atoms with Crippen molar-refractivity contribution in [1.82, 2.24) is 0 Å². The third-order valence-corrected chi connectivity index (χ3v) is 5.56. The Balaban J connectivity index is 1.59. The summed E-state index contributed by atoms with van der Waals surface area (Å²) < 4.78 is 6.79. The van der Waals surface area contributed by atoms with Crippen molar-refractivity contribution in [2.24, 2.45) is 0 Å². The van der Waals surface area contributed by atoms with Crippen molar-refractivity contribution < 1.29 is 14.0 Å². The summed E-state index contributed by atoms with van der Waals surface area (Å²) in [7, 11) is 0. The smallest absolute Gasteiger partial charge is 0.298 e. The first kappa shape index (κ1) is 18.1. The Morgan fingerprint density at radius 3 is 2.37 bits per heavy atom. The van der Waals surface area contributed by atoms with Gasteiger partial charge in [0.15, 0.2) is 0 Å². The molecule has 1 aliphatic rings. The Kier molecular flexibility index (Phi) is 4.95. The van der Waals surface area contributed by atoms with E-state index in [0.29, 0.717) is 27.1 Å². The molecule has 0 bridgehead atoms. The van der Waals surface area contributed by atoms with Gasteiger partial charge in [0.1, 0.15) is 11.5 Å². The number of benzene rings is 2. The van der Waals surface area contributed by atoms with Crippen molar-refractivity contribution in [3.8, 4) is 11.3 Å².